The Morgan fingerprint density at radius 2 is 1.73 bits per heavy atom. The summed E-state index contributed by atoms with van der Waals surface area (Å²) in [6.45, 7) is 1.82. The Morgan fingerprint density at radius 3 is 2.46 bits per heavy atom. The van der Waals surface area contributed by atoms with Crippen molar-refractivity contribution in [3.63, 3.8) is 0 Å². The second-order valence-corrected chi connectivity index (χ2v) is 9.19. The summed E-state index contributed by atoms with van der Waals surface area (Å²) >= 11 is 0. The number of ether oxygens (including phenoxy) is 1. The molecule has 1 aliphatic heterocycles. The molecule has 37 heavy (non-hydrogen) atoms. The Labute approximate surface area is 214 Å². The van der Waals surface area contributed by atoms with Gasteiger partial charge in [-0.05, 0) is 59.2 Å². The maximum atomic E-state index is 13.5. The van der Waals surface area contributed by atoms with E-state index in [2.05, 4.69) is 5.32 Å². The van der Waals surface area contributed by atoms with Gasteiger partial charge in [0.15, 0.2) is 0 Å². The van der Waals surface area contributed by atoms with Gasteiger partial charge in [-0.15, -0.1) is 0 Å². The number of fused-ring (bicyclic) bond motifs is 1. The third-order valence-corrected chi connectivity index (χ3v) is 6.69. The van der Waals surface area contributed by atoms with Crippen LogP contribution in [0.5, 0.6) is 5.75 Å². The summed E-state index contributed by atoms with van der Waals surface area (Å²) in [6, 6.07) is 23.7. The van der Waals surface area contributed by atoms with E-state index in [4.69, 9.17) is 9.15 Å². The molecule has 4 amide bonds. The Balaban J connectivity index is 1.37. The van der Waals surface area contributed by atoms with Crippen molar-refractivity contribution in [2.24, 2.45) is 0 Å². The smallest absolute Gasteiger partial charge is 0.325 e. The van der Waals surface area contributed by atoms with Crippen LogP contribution in [0.2, 0.25) is 0 Å². The molecular formula is C29H27N3O5. The molecular weight excluding hydrogens is 470 g/mol. The van der Waals surface area contributed by atoms with Crippen LogP contribution in [0.1, 0.15) is 23.8 Å². The number of nitrogens with one attached hydrogen (secondary N) is 1. The van der Waals surface area contributed by atoms with Crippen molar-refractivity contribution in [1.29, 1.82) is 0 Å². The molecule has 5 rings (SSSR count). The number of amides is 4. The molecule has 1 fully saturated rings. The summed E-state index contributed by atoms with van der Waals surface area (Å²) in [4.78, 5) is 42.4. The first-order chi connectivity index (χ1) is 17.9. The zero-order valence-corrected chi connectivity index (χ0v) is 20.6. The molecule has 0 spiro atoms. The SMILES string of the molecule is COc1ccc2cc([C@@]3(C)NC(=O)N(CC(=O)N(Cc4ccccc4)Cc4ccco4)C3=O)ccc2c1. The lowest BCUT2D eigenvalue weighted by atomic mass is 9.90. The number of carbonyl (C=O) groups is 3. The molecule has 0 unspecified atom stereocenters. The monoisotopic (exact) mass is 497 g/mol. The van der Waals surface area contributed by atoms with Gasteiger partial charge in [0.2, 0.25) is 5.91 Å². The van der Waals surface area contributed by atoms with Gasteiger partial charge in [-0.3, -0.25) is 14.5 Å². The van der Waals surface area contributed by atoms with E-state index < -0.39 is 17.5 Å². The summed E-state index contributed by atoms with van der Waals surface area (Å²) < 4.78 is 10.7. The standard InChI is InChI=1S/C29H27N3O5/c1-29(23-12-10-22-16-24(36-2)13-11-21(22)15-23)27(34)32(28(35)30-29)19-26(33)31(18-25-9-6-14-37-25)17-20-7-4-3-5-8-20/h3-16H,17-19H2,1-2H3,(H,30,35)/t29-/m1/s1. The van der Waals surface area contributed by atoms with Crippen LogP contribution >= 0.6 is 0 Å². The number of carbonyl (C=O) groups excluding carboxylic acids is 3. The van der Waals surface area contributed by atoms with E-state index in [1.807, 2.05) is 66.7 Å². The molecule has 0 bridgehead atoms. The first-order valence-electron chi connectivity index (χ1n) is 11.9. The minimum Gasteiger partial charge on any atom is -0.497 e. The van der Waals surface area contributed by atoms with E-state index >= 15 is 0 Å². The summed E-state index contributed by atoms with van der Waals surface area (Å²) in [5, 5.41) is 4.65. The molecule has 8 heteroatoms. The Morgan fingerprint density at radius 1 is 0.973 bits per heavy atom. The fourth-order valence-electron chi connectivity index (χ4n) is 4.56. The van der Waals surface area contributed by atoms with E-state index in [-0.39, 0.29) is 19.0 Å². The molecule has 1 aromatic heterocycles. The summed E-state index contributed by atoms with van der Waals surface area (Å²) in [7, 11) is 1.61. The predicted molar refractivity (Wildman–Crippen MR) is 138 cm³/mol. The van der Waals surface area contributed by atoms with E-state index in [0.717, 1.165) is 27.0 Å². The van der Waals surface area contributed by atoms with Crippen molar-refractivity contribution < 1.29 is 23.5 Å². The number of furan rings is 1. The molecule has 1 atom stereocenters. The average molecular weight is 498 g/mol. The highest BCUT2D eigenvalue weighted by Crippen LogP contribution is 2.32. The lowest BCUT2D eigenvalue weighted by Crippen LogP contribution is -2.44. The van der Waals surface area contributed by atoms with Crippen molar-refractivity contribution in [3.05, 3.63) is 102 Å². The molecule has 3 aromatic carbocycles. The topological polar surface area (TPSA) is 92.1 Å². The van der Waals surface area contributed by atoms with E-state index in [0.29, 0.717) is 17.9 Å². The molecule has 1 N–H and O–H groups in total. The molecule has 4 aromatic rings. The van der Waals surface area contributed by atoms with Crippen molar-refractivity contribution in [2.75, 3.05) is 13.7 Å². The summed E-state index contributed by atoms with van der Waals surface area (Å²) in [5.41, 5.74) is 0.268. The van der Waals surface area contributed by atoms with Gasteiger partial charge >= 0.3 is 6.03 Å². The van der Waals surface area contributed by atoms with Gasteiger partial charge in [-0.2, -0.15) is 0 Å². The minimum absolute atomic E-state index is 0.218. The van der Waals surface area contributed by atoms with Gasteiger partial charge in [0.1, 0.15) is 23.6 Å². The molecule has 1 saturated heterocycles. The van der Waals surface area contributed by atoms with Gasteiger partial charge in [-0.25, -0.2) is 4.79 Å². The van der Waals surface area contributed by atoms with Crippen LogP contribution in [-0.2, 0) is 28.2 Å². The fraction of sp³-hybridized carbons (Fsp3) is 0.207. The number of rotatable bonds is 8. The zero-order valence-electron chi connectivity index (χ0n) is 20.6. The molecule has 188 valence electrons. The van der Waals surface area contributed by atoms with Crippen molar-refractivity contribution in [1.82, 2.24) is 15.1 Å². The van der Waals surface area contributed by atoms with Gasteiger partial charge in [0.25, 0.3) is 5.91 Å². The Kier molecular flexibility index (Phi) is 6.40. The van der Waals surface area contributed by atoms with Crippen LogP contribution in [0.4, 0.5) is 4.79 Å². The van der Waals surface area contributed by atoms with Crippen molar-refractivity contribution in [2.45, 2.75) is 25.6 Å². The molecule has 0 radical (unpaired) electrons. The predicted octanol–water partition coefficient (Wildman–Crippen LogP) is 4.44. The molecule has 8 nitrogen and oxygen atoms in total. The first-order valence-corrected chi connectivity index (χ1v) is 11.9. The quantitative estimate of drug-likeness (QED) is 0.364. The largest absolute Gasteiger partial charge is 0.497 e. The Hall–Kier alpha value is -4.59. The number of hydrogen-bond donors (Lipinski definition) is 1. The van der Waals surface area contributed by atoms with Gasteiger partial charge < -0.3 is 19.4 Å². The number of nitrogens with zero attached hydrogens (tertiary/aromatic N) is 2. The summed E-state index contributed by atoms with van der Waals surface area (Å²) in [5.74, 6) is 0.505. The van der Waals surface area contributed by atoms with Crippen LogP contribution < -0.4 is 10.1 Å². The van der Waals surface area contributed by atoms with E-state index in [9.17, 15) is 14.4 Å². The van der Waals surface area contributed by atoms with Gasteiger partial charge in [-0.1, -0.05) is 48.5 Å². The molecule has 2 heterocycles. The number of benzene rings is 3. The highest BCUT2D eigenvalue weighted by Gasteiger charge is 2.49. The van der Waals surface area contributed by atoms with Crippen LogP contribution in [0, 0.1) is 0 Å². The van der Waals surface area contributed by atoms with Crippen LogP contribution in [-0.4, -0.2) is 41.3 Å². The van der Waals surface area contributed by atoms with E-state index in [1.165, 1.54) is 0 Å². The second kappa shape index (κ2) is 9.81. The highest BCUT2D eigenvalue weighted by molar-refractivity contribution is 6.09. The lowest BCUT2D eigenvalue weighted by Gasteiger charge is -2.25. The van der Waals surface area contributed by atoms with Crippen molar-refractivity contribution in [3.8, 4) is 5.75 Å². The zero-order chi connectivity index (χ0) is 26.0. The number of hydrogen-bond acceptors (Lipinski definition) is 5. The number of urea groups is 1. The summed E-state index contributed by atoms with van der Waals surface area (Å²) in [6.07, 6.45) is 1.54. The molecule has 0 aliphatic carbocycles. The van der Waals surface area contributed by atoms with Gasteiger partial charge in [0, 0.05) is 6.54 Å². The van der Waals surface area contributed by atoms with Gasteiger partial charge in [0.05, 0.1) is 19.9 Å². The highest BCUT2D eigenvalue weighted by atomic mass is 16.5. The fourth-order valence-corrected chi connectivity index (χ4v) is 4.56. The second-order valence-electron chi connectivity index (χ2n) is 9.19. The number of methoxy groups -OCH3 is 1. The van der Waals surface area contributed by atoms with E-state index in [1.54, 1.807) is 37.3 Å². The first kappa shape index (κ1) is 24.1. The van der Waals surface area contributed by atoms with Crippen LogP contribution in [0.15, 0.2) is 89.5 Å². The third kappa shape index (κ3) is 4.78. The van der Waals surface area contributed by atoms with Crippen molar-refractivity contribution >= 4 is 28.6 Å². The minimum atomic E-state index is -1.29. The number of imide groups is 1. The molecule has 0 saturated carbocycles. The average Bonchev–Trinajstić information content (AvgIpc) is 3.50. The lowest BCUT2D eigenvalue weighted by molar-refractivity contribution is -0.139. The molecule has 1 aliphatic rings. The Bertz CT molecular complexity index is 1450. The maximum Gasteiger partial charge on any atom is 0.325 e. The normalized spacial score (nSPS) is 17.2. The van der Waals surface area contributed by atoms with Crippen LogP contribution in [0.3, 0.4) is 0 Å². The van der Waals surface area contributed by atoms with Crippen LogP contribution in [0.25, 0.3) is 10.8 Å². The third-order valence-electron chi connectivity index (χ3n) is 6.69. The maximum absolute atomic E-state index is 13.5.